The van der Waals surface area contributed by atoms with Gasteiger partial charge >= 0.3 is 12.1 Å². The Hall–Kier alpha value is -3.77. The predicted octanol–water partition coefficient (Wildman–Crippen LogP) is 4.05. The number of benzene rings is 2. The van der Waals surface area contributed by atoms with Gasteiger partial charge in [0.2, 0.25) is 10.0 Å². The standard InChI is InChI=1S/C25H29N3O8S/c1-16-18(17-11-7-8-12-19(17)27(16)24(30)36-25(2,3)4)15-21(23(29)35-6)26(5)37(33,34)22-14-10-9-13-20(22)28(31)32/h7-14,21H,15H2,1-6H3/t21-/m0/s1. The highest BCUT2D eigenvalue weighted by Gasteiger charge is 2.38. The zero-order valence-electron chi connectivity index (χ0n) is 21.4. The number of likely N-dealkylation sites (N-methyl/N-ethyl adjacent to an activating group) is 1. The molecule has 1 aromatic heterocycles. The molecule has 0 N–H and O–H groups in total. The first kappa shape index (κ1) is 27.8. The Balaban J connectivity index is 2.14. The molecule has 11 nitrogen and oxygen atoms in total. The van der Waals surface area contributed by atoms with Gasteiger partial charge in [0.05, 0.1) is 17.5 Å². The van der Waals surface area contributed by atoms with E-state index < -0.39 is 49.2 Å². The van der Waals surface area contributed by atoms with Crippen LogP contribution in [0.1, 0.15) is 32.0 Å². The molecule has 37 heavy (non-hydrogen) atoms. The Morgan fingerprint density at radius 2 is 1.70 bits per heavy atom. The van der Waals surface area contributed by atoms with E-state index in [2.05, 4.69) is 0 Å². The van der Waals surface area contributed by atoms with Crippen molar-refractivity contribution in [3.8, 4) is 0 Å². The summed E-state index contributed by atoms with van der Waals surface area (Å²) < 4.78 is 39.5. The summed E-state index contributed by atoms with van der Waals surface area (Å²) >= 11 is 0. The molecule has 1 heterocycles. The number of methoxy groups -OCH3 is 1. The van der Waals surface area contributed by atoms with Gasteiger partial charge in [-0.1, -0.05) is 30.3 Å². The molecule has 0 aliphatic carbocycles. The molecule has 198 valence electrons. The van der Waals surface area contributed by atoms with Crippen molar-refractivity contribution in [1.82, 2.24) is 8.87 Å². The lowest BCUT2D eigenvalue weighted by molar-refractivity contribution is -0.387. The molecule has 0 aliphatic rings. The molecule has 0 fully saturated rings. The number of nitrogens with zero attached hydrogens (tertiary/aromatic N) is 3. The second-order valence-electron chi connectivity index (χ2n) is 9.39. The SMILES string of the molecule is COC(=O)[C@H](Cc1c(C)n(C(=O)OC(C)(C)C)c2ccccc12)N(C)S(=O)(=O)c1ccccc1[N+](=O)[O-]. The van der Waals surface area contributed by atoms with Gasteiger partial charge in [-0.15, -0.1) is 0 Å². The number of nitro groups is 1. The average molecular weight is 532 g/mol. The molecule has 12 heteroatoms. The molecule has 2 aromatic carbocycles. The lowest BCUT2D eigenvalue weighted by atomic mass is 10.0. The summed E-state index contributed by atoms with van der Waals surface area (Å²) in [6, 6.07) is 10.5. The second kappa shape index (κ2) is 10.3. The van der Waals surface area contributed by atoms with Crippen molar-refractivity contribution in [3.63, 3.8) is 0 Å². The van der Waals surface area contributed by atoms with Crippen molar-refractivity contribution in [2.24, 2.45) is 0 Å². The van der Waals surface area contributed by atoms with Crippen LogP contribution in [0.5, 0.6) is 0 Å². The third kappa shape index (κ3) is 5.49. The molecule has 0 saturated carbocycles. The Morgan fingerprint density at radius 1 is 1.11 bits per heavy atom. The van der Waals surface area contributed by atoms with E-state index in [1.54, 1.807) is 52.0 Å². The lowest BCUT2D eigenvalue weighted by Gasteiger charge is -2.25. The fourth-order valence-electron chi connectivity index (χ4n) is 4.07. The Labute approximate surface area is 214 Å². The van der Waals surface area contributed by atoms with Crippen LogP contribution in [-0.2, 0) is 30.7 Å². The molecule has 0 unspecified atom stereocenters. The second-order valence-corrected chi connectivity index (χ2v) is 11.4. The molecular weight excluding hydrogens is 502 g/mol. The van der Waals surface area contributed by atoms with Crippen LogP contribution in [0.3, 0.4) is 0 Å². The number of rotatable bonds is 7. The molecule has 0 amide bonds. The highest BCUT2D eigenvalue weighted by Crippen LogP contribution is 2.31. The molecule has 0 radical (unpaired) electrons. The molecule has 3 rings (SSSR count). The van der Waals surface area contributed by atoms with Gasteiger partial charge in [0.25, 0.3) is 5.69 Å². The lowest BCUT2D eigenvalue weighted by Crippen LogP contribution is -2.44. The largest absolute Gasteiger partial charge is 0.468 e. The minimum Gasteiger partial charge on any atom is -0.468 e. The van der Waals surface area contributed by atoms with E-state index in [4.69, 9.17) is 9.47 Å². The fraction of sp³-hybridized carbons (Fsp3) is 0.360. The third-order valence-corrected chi connectivity index (χ3v) is 7.76. The van der Waals surface area contributed by atoms with Gasteiger partial charge in [-0.25, -0.2) is 17.8 Å². The van der Waals surface area contributed by atoms with Gasteiger partial charge in [-0.2, -0.15) is 4.31 Å². The van der Waals surface area contributed by atoms with Crippen LogP contribution in [0.15, 0.2) is 53.4 Å². The Kier molecular flexibility index (Phi) is 7.75. The smallest absolute Gasteiger partial charge is 0.419 e. The van der Waals surface area contributed by atoms with Crippen LogP contribution in [-0.4, -0.2) is 60.1 Å². The number of aromatic nitrogens is 1. The number of hydrogen-bond acceptors (Lipinski definition) is 8. The number of para-hydroxylation sites is 2. The molecule has 3 aromatic rings. The van der Waals surface area contributed by atoms with Crippen LogP contribution in [0.2, 0.25) is 0 Å². The number of ether oxygens (including phenoxy) is 2. The highest BCUT2D eigenvalue weighted by molar-refractivity contribution is 7.89. The molecule has 0 aliphatic heterocycles. The number of nitro benzene ring substituents is 1. The molecule has 0 bridgehead atoms. The monoisotopic (exact) mass is 531 g/mol. The molecule has 0 saturated heterocycles. The normalized spacial score (nSPS) is 12.9. The summed E-state index contributed by atoms with van der Waals surface area (Å²) in [6.07, 6.45) is -0.784. The predicted molar refractivity (Wildman–Crippen MR) is 136 cm³/mol. The van der Waals surface area contributed by atoms with Crippen LogP contribution >= 0.6 is 0 Å². The van der Waals surface area contributed by atoms with E-state index >= 15 is 0 Å². The van der Waals surface area contributed by atoms with Gasteiger partial charge in [0.1, 0.15) is 11.6 Å². The van der Waals surface area contributed by atoms with E-state index in [1.165, 1.54) is 16.7 Å². The van der Waals surface area contributed by atoms with Crippen molar-refractivity contribution in [2.75, 3.05) is 14.2 Å². The summed E-state index contributed by atoms with van der Waals surface area (Å²) in [6.45, 7) is 6.89. The summed E-state index contributed by atoms with van der Waals surface area (Å²) in [5.41, 5.74) is 0.137. The van der Waals surface area contributed by atoms with Gasteiger partial charge in [-0.3, -0.25) is 14.9 Å². The van der Waals surface area contributed by atoms with Crippen molar-refractivity contribution in [2.45, 2.75) is 50.7 Å². The summed E-state index contributed by atoms with van der Waals surface area (Å²) in [5, 5.41) is 12.1. The highest BCUT2D eigenvalue weighted by atomic mass is 32.2. The van der Waals surface area contributed by atoms with E-state index in [9.17, 15) is 28.1 Å². The van der Waals surface area contributed by atoms with Crippen LogP contribution in [0.25, 0.3) is 10.9 Å². The summed E-state index contributed by atoms with van der Waals surface area (Å²) in [5.74, 6) is -0.863. The molecule has 0 spiro atoms. The number of carbonyl (C=O) groups is 2. The van der Waals surface area contributed by atoms with Gasteiger partial charge < -0.3 is 9.47 Å². The number of hydrogen-bond donors (Lipinski definition) is 0. The number of fused-ring (bicyclic) bond motifs is 1. The summed E-state index contributed by atoms with van der Waals surface area (Å²) in [4.78, 5) is 36.0. The maximum Gasteiger partial charge on any atom is 0.419 e. The Bertz CT molecular complexity index is 1470. The first-order valence-corrected chi connectivity index (χ1v) is 12.8. The van der Waals surface area contributed by atoms with E-state index in [0.29, 0.717) is 22.2 Å². The van der Waals surface area contributed by atoms with Crippen molar-refractivity contribution >= 4 is 38.7 Å². The van der Waals surface area contributed by atoms with Crippen molar-refractivity contribution in [3.05, 3.63) is 69.9 Å². The number of esters is 1. The van der Waals surface area contributed by atoms with Crippen LogP contribution in [0, 0.1) is 17.0 Å². The first-order valence-electron chi connectivity index (χ1n) is 11.3. The maximum absolute atomic E-state index is 13.5. The molecule has 1 atom stereocenters. The quantitative estimate of drug-likeness (QED) is 0.253. The average Bonchev–Trinajstić information content (AvgIpc) is 3.11. The van der Waals surface area contributed by atoms with E-state index in [0.717, 1.165) is 30.6 Å². The first-order chi connectivity index (χ1) is 17.2. The topological polar surface area (TPSA) is 138 Å². The Morgan fingerprint density at radius 3 is 2.30 bits per heavy atom. The number of carbonyl (C=O) groups excluding carboxylic acids is 2. The van der Waals surface area contributed by atoms with Gasteiger partial charge in [0, 0.05) is 30.6 Å². The van der Waals surface area contributed by atoms with Crippen LogP contribution < -0.4 is 0 Å². The van der Waals surface area contributed by atoms with Gasteiger partial charge in [0.15, 0.2) is 4.90 Å². The minimum atomic E-state index is -4.50. The zero-order chi connectivity index (χ0) is 27.7. The minimum absolute atomic E-state index is 0.162. The number of sulfonamides is 1. The van der Waals surface area contributed by atoms with Crippen molar-refractivity contribution < 1.29 is 32.4 Å². The third-order valence-electron chi connectivity index (χ3n) is 5.85. The van der Waals surface area contributed by atoms with E-state index in [-0.39, 0.29) is 6.42 Å². The maximum atomic E-state index is 13.5. The zero-order valence-corrected chi connectivity index (χ0v) is 22.2. The fourth-order valence-corrected chi connectivity index (χ4v) is 5.54. The van der Waals surface area contributed by atoms with E-state index in [1.807, 2.05) is 0 Å². The summed E-state index contributed by atoms with van der Waals surface area (Å²) in [7, 11) is -2.21. The molecular formula is C25H29N3O8S. The van der Waals surface area contributed by atoms with Crippen LogP contribution in [0.4, 0.5) is 10.5 Å². The van der Waals surface area contributed by atoms with Gasteiger partial charge in [-0.05, 0) is 45.4 Å². The van der Waals surface area contributed by atoms with Crippen molar-refractivity contribution in [1.29, 1.82) is 0 Å².